The zero-order chi connectivity index (χ0) is 9.90. The highest BCUT2D eigenvalue weighted by atomic mass is 32.2. The van der Waals surface area contributed by atoms with Gasteiger partial charge in [0, 0.05) is 9.43 Å². The van der Waals surface area contributed by atoms with Crippen molar-refractivity contribution >= 4 is 10.0 Å². The first-order chi connectivity index (χ1) is 6.06. The maximum Gasteiger partial charge on any atom is 0.262 e. The van der Waals surface area contributed by atoms with Gasteiger partial charge in [-0.1, -0.05) is 0 Å². The summed E-state index contributed by atoms with van der Waals surface area (Å²) in [6.07, 6.45) is -0.0104. The van der Waals surface area contributed by atoms with E-state index < -0.39 is 15.5 Å². The van der Waals surface area contributed by atoms with Crippen LogP contribution in [0.5, 0.6) is 0 Å². The van der Waals surface area contributed by atoms with Gasteiger partial charge in [0.2, 0.25) is 0 Å². The fraction of sp³-hybridized carbons (Fsp3) is 1.00. The van der Waals surface area contributed by atoms with Crippen LogP contribution in [0, 0.1) is 0 Å². The molecule has 7 nitrogen and oxygen atoms in total. The molecule has 0 bridgehead atoms. The number of hydrogen-bond acceptors (Lipinski definition) is 4. The summed E-state index contributed by atoms with van der Waals surface area (Å²) in [6.45, 7) is 2.11. The summed E-state index contributed by atoms with van der Waals surface area (Å²) in [6, 6.07) is 0. The molecule has 1 heterocycles. The van der Waals surface area contributed by atoms with E-state index in [1.54, 1.807) is 0 Å². The molecule has 0 aromatic rings. The lowest BCUT2D eigenvalue weighted by atomic mass is 10.5. The van der Waals surface area contributed by atoms with Crippen LogP contribution in [-0.2, 0) is 19.5 Å². The summed E-state index contributed by atoms with van der Waals surface area (Å²) in [4.78, 5) is 2.20. The van der Waals surface area contributed by atoms with Crippen molar-refractivity contribution in [3.8, 4) is 0 Å². The van der Waals surface area contributed by atoms with Crippen LogP contribution in [0.4, 0.5) is 0 Å². The molecule has 1 aliphatic heterocycles. The number of azide groups is 1. The van der Waals surface area contributed by atoms with E-state index in [0.717, 1.165) is 0 Å². The minimum Gasteiger partial charge on any atom is -0.371 e. The zero-order valence-corrected chi connectivity index (χ0v) is 7.77. The zero-order valence-electron chi connectivity index (χ0n) is 6.95. The summed E-state index contributed by atoms with van der Waals surface area (Å²) in [5.74, 6) is 0. The van der Waals surface area contributed by atoms with Gasteiger partial charge < -0.3 is 9.47 Å². The van der Waals surface area contributed by atoms with E-state index in [0.29, 0.717) is 6.61 Å². The molecule has 0 saturated carbocycles. The summed E-state index contributed by atoms with van der Waals surface area (Å²) in [5.41, 5.74) is 6.82. The normalized spacial score (nSPS) is 23.3. The molecule has 2 atom stereocenters. The lowest BCUT2D eigenvalue weighted by molar-refractivity contribution is 0.101. The van der Waals surface area contributed by atoms with Crippen molar-refractivity contribution in [1.82, 2.24) is 0 Å². The number of hydrogen-bond donors (Lipinski definition) is 0. The van der Waals surface area contributed by atoms with Crippen LogP contribution >= 0.6 is 0 Å². The van der Waals surface area contributed by atoms with E-state index >= 15 is 0 Å². The van der Waals surface area contributed by atoms with Crippen LogP contribution < -0.4 is 0 Å². The second kappa shape index (κ2) is 3.93. The molecule has 8 heteroatoms. The molecule has 0 aromatic carbocycles. The van der Waals surface area contributed by atoms with Crippen LogP contribution in [0.2, 0.25) is 0 Å². The van der Waals surface area contributed by atoms with Crippen molar-refractivity contribution < 1.29 is 17.9 Å². The second-order valence-corrected chi connectivity index (χ2v) is 4.40. The minimum absolute atomic E-state index is 0.0104. The third-order valence-electron chi connectivity index (χ3n) is 1.49. The van der Waals surface area contributed by atoms with Gasteiger partial charge in [-0.3, -0.25) is 0 Å². The summed E-state index contributed by atoms with van der Waals surface area (Å²) in [5, 5.41) is 0. The van der Waals surface area contributed by atoms with Gasteiger partial charge in [-0.2, -0.15) is 0 Å². The number of ether oxygens (including phenoxy) is 2. The first kappa shape index (κ1) is 10.3. The highest BCUT2D eigenvalue weighted by Crippen LogP contribution is 2.12. The van der Waals surface area contributed by atoms with Gasteiger partial charge in [0.05, 0.1) is 13.2 Å². The van der Waals surface area contributed by atoms with Gasteiger partial charge in [-0.15, -0.1) is 0 Å². The maximum absolute atomic E-state index is 11.0. The number of epoxide rings is 1. The van der Waals surface area contributed by atoms with Crippen LogP contribution in [0.1, 0.15) is 6.92 Å². The summed E-state index contributed by atoms with van der Waals surface area (Å²) in [7, 11) is -3.85. The molecular weight excluding hydrogens is 198 g/mol. The maximum atomic E-state index is 11.0. The molecule has 0 radical (unpaired) electrons. The molecule has 0 spiro atoms. The van der Waals surface area contributed by atoms with Crippen molar-refractivity contribution in [2.45, 2.75) is 18.5 Å². The van der Waals surface area contributed by atoms with E-state index in [4.69, 9.17) is 15.0 Å². The lowest BCUT2D eigenvalue weighted by Crippen LogP contribution is -2.20. The first-order valence-corrected chi connectivity index (χ1v) is 5.10. The molecule has 0 aliphatic carbocycles. The van der Waals surface area contributed by atoms with Crippen LogP contribution in [0.25, 0.3) is 10.4 Å². The molecule has 1 saturated heterocycles. The van der Waals surface area contributed by atoms with Crippen LogP contribution in [-0.4, -0.2) is 33.2 Å². The van der Waals surface area contributed by atoms with Gasteiger partial charge in [-0.05, 0) is 12.5 Å². The average Bonchev–Trinajstić information content (AvgIpc) is 2.83. The third-order valence-corrected chi connectivity index (χ3v) is 2.76. The molecule has 1 aliphatic rings. The molecule has 1 fully saturated rings. The highest BCUT2D eigenvalue weighted by Gasteiger charge is 2.27. The Bertz CT molecular complexity index is 317. The molecule has 0 N–H and O–H groups in total. The SMILES string of the molecule is CC(OCC1CO1)S(=O)(=O)N=[N+]=[N-]. The molecule has 1 rings (SSSR count). The Morgan fingerprint density at radius 2 is 2.46 bits per heavy atom. The highest BCUT2D eigenvalue weighted by molar-refractivity contribution is 7.90. The Kier molecular flexibility index (Phi) is 3.10. The Labute approximate surface area is 75.3 Å². The Morgan fingerprint density at radius 1 is 1.85 bits per heavy atom. The average molecular weight is 207 g/mol. The third kappa shape index (κ3) is 3.19. The van der Waals surface area contributed by atoms with Gasteiger partial charge in [0.15, 0.2) is 5.44 Å². The predicted molar refractivity (Wildman–Crippen MR) is 43.2 cm³/mol. The van der Waals surface area contributed by atoms with E-state index in [1.807, 2.05) is 0 Å². The van der Waals surface area contributed by atoms with E-state index in [1.165, 1.54) is 6.92 Å². The summed E-state index contributed by atoms with van der Waals surface area (Å²) >= 11 is 0. The largest absolute Gasteiger partial charge is 0.371 e. The minimum atomic E-state index is -3.85. The van der Waals surface area contributed by atoms with Gasteiger partial charge in [0.1, 0.15) is 6.10 Å². The van der Waals surface area contributed by atoms with E-state index in [2.05, 4.69) is 9.43 Å². The fourth-order valence-corrected chi connectivity index (χ4v) is 1.10. The fourth-order valence-electron chi connectivity index (χ4n) is 0.610. The molecule has 13 heavy (non-hydrogen) atoms. The lowest BCUT2D eigenvalue weighted by Gasteiger charge is -2.08. The van der Waals surface area contributed by atoms with Gasteiger partial charge in [0.25, 0.3) is 10.0 Å². The standard InChI is InChI=1S/C5H9N3O4S/c1-4(11-2-5-3-12-5)13(9,10)8-7-6/h4-5H,2-3H2,1H3. The van der Waals surface area contributed by atoms with Crippen molar-refractivity contribution in [2.24, 2.45) is 4.52 Å². The van der Waals surface area contributed by atoms with Crippen molar-refractivity contribution in [3.05, 3.63) is 10.4 Å². The van der Waals surface area contributed by atoms with Crippen LogP contribution in [0.3, 0.4) is 0 Å². The molecule has 0 aromatic heterocycles. The molecular formula is C5H9N3O4S. The van der Waals surface area contributed by atoms with Crippen molar-refractivity contribution in [1.29, 1.82) is 0 Å². The van der Waals surface area contributed by atoms with Crippen LogP contribution in [0.15, 0.2) is 4.52 Å². The molecule has 0 amide bonds. The molecule has 74 valence electrons. The van der Waals surface area contributed by atoms with Crippen molar-refractivity contribution in [2.75, 3.05) is 13.2 Å². The number of sulfonamides is 1. The molecule has 2 unspecified atom stereocenters. The monoisotopic (exact) mass is 207 g/mol. The predicted octanol–water partition coefficient (Wildman–Crippen LogP) is 0.388. The Morgan fingerprint density at radius 3 is 2.92 bits per heavy atom. The number of nitrogens with zero attached hydrogens (tertiary/aromatic N) is 3. The smallest absolute Gasteiger partial charge is 0.262 e. The summed E-state index contributed by atoms with van der Waals surface area (Å²) < 4.78 is 34.3. The van der Waals surface area contributed by atoms with E-state index in [9.17, 15) is 8.42 Å². The topological polar surface area (TPSA) is 105 Å². The number of rotatable bonds is 5. The Balaban J connectivity index is 2.44. The quantitative estimate of drug-likeness (QED) is 0.281. The second-order valence-electron chi connectivity index (χ2n) is 2.54. The van der Waals surface area contributed by atoms with Crippen molar-refractivity contribution in [3.63, 3.8) is 0 Å². The first-order valence-electron chi connectivity index (χ1n) is 3.59. The Hall–Kier alpha value is -0.820. The van der Waals surface area contributed by atoms with Gasteiger partial charge >= 0.3 is 0 Å². The van der Waals surface area contributed by atoms with E-state index in [-0.39, 0.29) is 12.7 Å². The van der Waals surface area contributed by atoms with Gasteiger partial charge in [-0.25, -0.2) is 8.42 Å².